The fourth-order valence-electron chi connectivity index (χ4n) is 1.30. The van der Waals surface area contributed by atoms with Gasteiger partial charge in [-0.25, -0.2) is 4.79 Å². The molecule has 2 aromatic rings. The van der Waals surface area contributed by atoms with E-state index in [-0.39, 0.29) is 5.75 Å². The Morgan fingerprint density at radius 3 is 2.39 bits per heavy atom. The van der Waals surface area contributed by atoms with Crippen molar-refractivity contribution in [1.82, 2.24) is 0 Å². The van der Waals surface area contributed by atoms with E-state index in [1.54, 1.807) is 36.4 Å². The topological polar surface area (TPSA) is 26.3 Å². The average molecular weight is 346 g/mol. The Hall–Kier alpha value is -1.03. The van der Waals surface area contributed by atoms with Crippen LogP contribution in [-0.4, -0.2) is 5.97 Å². The van der Waals surface area contributed by atoms with Crippen molar-refractivity contribution in [3.8, 4) is 5.75 Å². The number of hydrogen-bond donors (Lipinski definition) is 0. The van der Waals surface area contributed by atoms with E-state index in [0.717, 1.165) is 4.47 Å². The van der Waals surface area contributed by atoms with E-state index in [9.17, 15) is 4.79 Å². The maximum absolute atomic E-state index is 11.8. The van der Waals surface area contributed by atoms with Gasteiger partial charge in [0.15, 0.2) is 5.75 Å². The molecular formula is C13H7BrCl2O2. The molecule has 2 nitrogen and oxygen atoms in total. The summed E-state index contributed by atoms with van der Waals surface area (Å²) in [5, 5.41) is 0.794. The highest BCUT2D eigenvalue weighted by atomic mass is 79.9. The van der Waals surface area contributed by atoms with Crippen LogP contribution in [0.2, 0.25) is 10.0 Å². The maximum atomic E-state index is 11.8. The zero-order valence-electron chi connectivity index (χ0n) is 8.99. The van der Waals surface area contributed by atoms with Crippen molar-refractivity contribution >= 4 is 45.1 Å². The smallest absolute Gasteiger partial charge is 0.343 e. The van der Waals surface area contributed by atoms with Gasteiger partial charge in [0.25, 0.3) is 0 Å². The molecule has 18 heavy (non-hydrogen) atoms. The quantitative estimate of drug-likeness (QED) is 0.567. The van der Waals surface area contributed by atoms with Crippen molar-refractivity contribution in [2.24, 2.45) is 0 Å². The molecular weight excluding hydrogens is 339 g/mol. The first-order valence-electron chi connectivity index (χ1n) is 4.99. The lowest BCUT2D eigenvalue weighted by Crippen LogP contribution is -2.08. The molecule has 0 unspecified atom stereocenters. The number of ether oxygens (including phenoxy) is 1. The molecule has 5 heteroatoms. The largest absolute Gasteiger partial charge is 0.421 e. The molecule has 0 spiro atoms. The zero-order chi connectivity index (χ0) is 13.1. The van der Waals surface area contributed by atoms with Crippen LogP contribution in [0.5, 0.6) is 5.75 Å². The van der Waals surface area contributed by atoms with Crippen LogP contribution in [-0.2, 0) is 0 Å². The highest BCUT2D eigenvalue weighted by Crippen LogP contribution is 2.28. The monoisotopic (exact) mass is 344 g/mol. The van der Waals surface area contributed by atoms with Gasteiger partial charge in [0.2, 0.25) is 0 Å². The Morgan fingerprint density at radius 2 is 1.72 bits per heavy atom. The highest BCUT2D eigenvalue weighted by Gasteiger charge is 2.11. The molecule has 0 atom stereocenters. The summed E-state index contributed by atoms with van der Waals surface area (Å²) in [5.41, 5.74) is 0.439. The number of rotatable bonds is 2. The molecule has 92 valence electrons. The van der Waals surface area contributed by atoms with E-state index in [1.165, 1.54) is 6.07 Å². The molecule has 0 aliphatic heterocycles. The summed E-state index contributed by atoms with van der Waals surface area (Å²) in [4.78, 5) is 11.8. The minimum absolute atomic E-state index is 0.247. The number of hydrogen-bond acceptors (Lipinski definition) is 2. The van der Waals surface area contributed by atoms with E-state index in [2.05, 4.69) is 15.9 Å². The summed E-state index contributed by atoms with van der Waals surface area (Å²) in [6.07, 6.45) is 0. The van der Waals surface area contributed by atoms with Crippen molar-refractivity contribution in [3.63, 3.8) is 0 Å². The van der Waals surface area contributed by atoms with E-state index in [4.69, 9.17) is 27.9 Å². The summed E-state index contributed by atoms with van der Waals surface area (Å²) < 4.78 is 6.07. The van der Waals surface area contributed by atoms with Crippen LogP contribution in [0.3, 0.4) is 0 Å². The molecule has 0 heterocycles. The first kappa shape index (κ1) is 13.4. The first-order valence-corrected chi connectivity index (χ1v) is 6.54. The molecule has 0 aromatic heterocycles. The molecule has 0 aliphatic rings. The molecule has 0 fully saturated rings. The highest BCUT2D eigenvalue weighted by molar-refractivity contribution is 9.10. The number of carbonyl (C=O) groups excluding carboxylic acids is 1. The van der Waals surface area contributed by atoms with Crippen LogP contribution in [0, 0.1) is 0 Å². The van der Waals surface area contributed by atoms with Gasteiger partial charge in [-0.2, -0.15) is 0 Å². The van der Waals surface area contributed by atoms with Crippen molar-refractivity contribution in [1.29, 1.82) is 0 Å². The van der Waals surface area contributed by atoms with Crippen molar-refractivity contribution in [2.75, 3.05) is 0 Å². The minimum Gasteiger partial charge on any atom is -0.421 e. The fraction of sp³-hybridized carbons (Fsp3) is 0. The number of benzene rings is 2. The Balaban J connectivity index is 2.21. The Labute approximate surface area is 123 Å². The third-order valence-electron chi connectivity index (χ3n) is 2.18. The van der Waals surface area contributed by atoms with Gasteiger partial charge in [-0.15, -0.1) is 0 Å². The lowest BCUT2D eigenvalue weighted by molar-refractivity contribution is 0.0735. The van der Waals surface area contributed by atoms with Crippen LogP contribution in [0.1, 0.15) is 10.4 Å². The lowest BCUT2D eigenvalue weighted by atomic mass is 10.2. The van der Waals surface area contributed by atoms with Crippen LogP contribution in [0.15, 0.2) is 46.9 Å². The third-order valence-corrected chi connectivity index (χ3v) is 3.25. The molecule has 0 radical (unpaired) electrons. The van der Waals surface area contributed by atoms with Gasteiger partial charge >= 0.3 is 5.97 Å². The third kappa shape index (κ3) is 3.25. The number of esters is 1. The molecule has 0 bridgehead atoms. The average Bonchev–Trinajstić information content (AvgIpc) is 2.34. The van der Waals surface area contributed by atoms with Crippen molar-refractivity contribution in [3.05, 3.63) is 62.5 Å². The lowest BCUT2D eigenvalue weighted by Gasteiger charge is -2.06. The maximum Gasteiger partial charge on any atom is 0.343 e. The van der Waals surface area contributed by atoms with E-state index in [0.29, 0.717) is 15.6 Å². The molecule has 0 amide bonds. The summed E-state index contributed by atoms with van der Waals surface area (Å²) in [5.74, 6) is -0.233. The second kappa shape index (κ2) is 5.74. The van der Waals surface area contributed by atoms with E-state index >= 15 is 0 Å². The molecule has 2 aromatic carbocycles. The van der Waals surface area contributed by atoms with Gasteiger partial charge in [0, 0.05) is 15.6 Å². The second-order valence-corrected chi connectivity index (χ2v) is 5.23. The summed E-state index contributed by atoms with van der Waals surface area (Å²) >= 11 is 15.0. The van der Waals surface area contributed by atoms with E-state index in [1.807, 2.05) is 0 Å². The van der Waals surface area contributed by atoms with Gasteiger partial charge in [-0.1, -0.05) is 39.1 Å². The van der Waals surface area contributed by atoms with Crippen LogP contribution in [0.25, 0.3) is 0 Å². The SMILES string of the molecule is O=C(Oc1cc(Cl)ccc1Cl)c1ccc(Br)cc1. The normalized spacial score (nSPS) is 10.2. The minimum atomic E-state index is -0.480. The zero-order valence-corrected chi connectivity index (χ0v) is 12.1. The summed E-state index contributed by atoms with van der Waals surface area (Å²) in [6, 6.07) is 11.5. The molecule has 0 aliphatic carbocycles. The number of carbonyl (C=O) groups is 1. The molecule has 0 N–H and O–H groups in total. The summed E-state index contributed by atoms with van der Waals surface area (Å²) in [7, 11) is 0. The van der Waals surface area contributed by atoms with Gasteiger partial charge in [0.1, 0.15) is 0 Å². The first-order chi connectivity index (χ1) is 8.56. The fourth-order valence-corrected chi connectivity index (χ4v) is 1.88. The van der Waals surface area contributed by atoms with Crippen LogP contribution < -0.4 is 4.74 Å². The molecule has 2 rings (SSSR count). The Morgan fingerprint density at radius 1 is 1.06 bits per heavy atom. The Kier molecular flexibility index (Phi) is 4.27. The Bertz CT molecular complexity index is 582. The van der Waals surface area contributed by atoms with Gasteiger partial charge in [-0.05, 0) is 36.4 Å². The second-order valence-electron chi connectivity index (χ2n) is 3.47. The molecule has 0 saturated heterocycles. The predicted molar refractivity (Wildman–Crippen MR) is 75.6 cm³/mol. The van der Waals surface area contributed by atoms with Crippen molar-refractivity contribution in [2.45, 2.75) is 0 Å². The van der Waals surface area contributed by atoms with Crippen LogP contribution in [0.4, 0.5) is 0 Å². The number of halogens is 3. The van der Waals surface area contributed by atoms with Crippen LogP contribution >= 0.6 is 39.1 Å². The van der Waals surface area contributed by atoms with Gasteiger partial charge in [-0.3, -0.25) is 0 Å². The van der Waals surface area contributed by atoms with Gasteiger partial charge < -0.3 is 4.74 Å². The van der Waals surface area contributed by atoms with E-state index < -0.39 is 5.97 Å². The predicted octanol–water partition coefficient (Wildman–Crippen LogP) is 4.98. The summed E-state index contributed by atoms with van der Waals surface area (Å²) in [6.45, 7) is 0. The van der Waals surface area contributed by atoms with Crippen molar-refractivity contribution < 1.29 is 9.53 Å². The molecule has 0 saturated carbocycles. The standard InChI is InChI=1S/C13H7BrCl2O2/c14-9-3-1-8(2-4-9)13(17)18-12-7-10(15)5-6-11(12)16/h1-7H. The van der Waals surface area contributed by atoms with Gasteiger partial charge in [0.05, 0.1) is 10.6 Å².